The summed E-state index contributed by atoms with van der Waals surface area (Å²) < 4.78 is 6.34. The summed E-state index contributed by atoms with van der Waals surface area (Å²) in [5.41, 5.74) is 0. The van der Waals surface area contributed by atoms with Crippen molar-refractivity contribution in [1.29, 1.82) is 0 Å². The van der Waals surface area contributed by atoms with Crippen LogP contribution in [0.2, 0.25) is 10.2 Å². The van der Waals surface area contributed by atoms with Gasteiger partial charge < -0.3 is 4.74 Å². The molecule has 0 spiro atoms. The molecular weight excluding hydrogens is 315 g/mol. The third-order valence-corrected chi connectivity index (χ3v) is 2.73. The van der Waals surface area contributed by atoms with E-state index >= 15 is 0 Å². The van der Waals surface area contributed by atoms with Crippen molar-refractivity contribution in [3.05, 3.63) is 45.2 Å². The Labute approximate surface area is 111 Å². The van der Waals surface area contributed by atoms with E-state index in [0.29, 0.717) is 21.8 Å². The molecule has 0 N–H and O–H groups in total. The summed E-state index contributed by atoms with van der Waals surface area (Å²) in [5, 5.41) is 0.814. The molecule has 0 amide bonds. The SMILES string of the molecule is Clc1cc(Oc2cc(Br)ccc2Cl)ncn1. The summed E-state index contributed by atoms with van der Waals surface area (Å²) in [5.74, 6) is 0.853. The van der Waals surface area contributed by atoms with Gasteiger partial charge in [-0.1, -0.05) is 39.1 Å². The molecule has 0 radical (unpaired) electrons. The Morgan fingerprint density at radius 2 is 1.94 bits per heavy atom. The maximum absolute atomic E-state index is 5.96. The second-order valence-corrected chi connectivity index (χ2v) is 4.57. The van der Waals surface area contributed by atoms with Crippen LogP contribution in [-0.2, 0) is 0 Å². The third kappa shape index (κ3) is 2.84. The summed E-state index contributed by atoms with van der Waals surface area (Å²) in [7, 11) is 0. The second-order valence-electron chi connectivity index (χ2n) is 2.86. The van der Waals surface area contributed by atoms with Crippen LogP contribution in [0.5, 0.6) is 11.6 Å². The fourth-order valence-electron chi connectivity index (χ4n) is 1.04. The standard InChI is InChI=1S/C10H5BrCl2N2O/c11-6-1-2-7(12)8(3-6)16-10-4-9(13)14-5-15-10/h1-5H. The van der Waals surface area contributed by atoms with E-state index in [-0.39, 0.29) is 0 Å². The topological polar surface area (TPSA) is 35.0 Å². The molecule has 82 valence electrons. The van der Waals surface area contributed by atoms with E-state index in [1.807, 2.05) is 6.07 Å². The van der Waals surface area contributed by atoms with Crippen molar-refractivity contribution in [1.82, 2.24) is 9.97 Å². The second kappa shape index (κ2) is 4.99. The number of aromatic nitrogens is 2. The predicted octanol–water partition coefficient (Wildman–Crippen LogP) is 4.34. The van der Waals surface area contributed by atoms with E-state index in [0.717, 1.165) is 4.47 Å². The monoisotopic (exact) mass is 318 g/mol. The molecule has 0 bridgehead atoms. The fourth-order valence-corrected chi connectivity index (χ4v) is 1.67. The Kier molecular flexibility index (Phi) is 3.63. The molecular formula is C10H5BrCl2N2O. The average Bonchev–Trinajstić information content (AvgIpc) is 2.24. The molecule has 1 aromatic carbocycles. The maximum Gasteiger partial charge on any atom is 0.223 e. The molecule has 2 aromatic rings. The van der Waals surface area contributed by atoms with Gasteiger partial charge in [0.2, 0.25) is 5.88 Å². The van der Waals surface area contributed by atoms with E-state index in [2.05, 4.69) is 25.9 Å². The van der Waals surface area contributed by atoms with Crippen LogP contribution in [0, 0.1) is 0 Å². The predicted molar refractivity (Wildman–Crippen MR) is 66.3 cm³/mol. The molecule has 3 nitrogen and oxygen atoms in total. The minimum absolute atomic E-state index is 0.316. The molecule has 1 aromatic heterocycles. The van der Waals surface area contributed by atoms with Crippen LogP contribution in [0.4, 0.5) is 0 Å². The van der Waals surface area contributed by atoms with Crippen molar-refractivity contribution in [3.63, 3.8) is 0 Å². The van der Waals surface area contributed by atoms with Gasteiger partial charge in [0.05, 0.1) is 5.02 Å². The van der Waals surface area contributed by atoms with Gasteiger partial charge in [-0.05, 0) is 18.2 Å². The first-order valence-electron chi connectivity index (χ1n) is 4.25. The van der Waals surface area contributed by atoms with E-state index in [1.54, 1.807) is 12.1 Å². The summed E-state index contributed by atoms with van der Waals surface area (Å²) in [4.78, 5) is 7.67. The Hall–Kier alpha value is -0.840. The molecule has 0 saturated heterocycles. The van der Waals surface area contributed by atoms with Crippen molar-refractivity contribution < 1.29 is 4.74 Å². The van der Waals surface area contributed by atoms with Crippen LogP contribution < -0.4 is 4.74 Å². The van der Waals surface area contributed by atoms with Gasteiger partial charge in [0.15, 0.2) is 0 Å². The van der Waals surface area contributed by atoms with Gasteiger partial charge in [-0.25, -0.2) is 9.97 Å². The quantitative estimate of drug-likeness (QED) is 0.772. The first-order chi connectivity index (χ1) is 7.65. The lowest BCUT2D eigenvalue weighted by Gasteiger charge is -2.06. The van der Waals surface area contributed by atoms with Crippen molar-refractivity contribution in [2.45, 2.75) is 0 Å². The molecule has 0 saturated carbocycles. The smallest absolute Gasteiger partial charge is 0.223 e. The van der Waals surface area contributed by atoms with Gasteiger partial charge in [0, 0.05) is 10.5 Å². The Morgan fingerprint density at radius 1 is 1.12 bits per heavy atom. The Bertz CT molecular complexity index is 522. The lowest BCUT2D eigenvalue weighted by molar-refractivity contribution is 0.461. The average molecular weight is 320 g/mol. The zero-order chi connectivity index (χ0) is 11.5. The van der Waals surface area contributed by atoms with Crippen molar-refractivity contribution in [2.75, 3.05) is 0 Å². The molecule has 0 aliphatic heterocycles. The van der Waals surface area contributed by atoms with Crippen LogP contribution in [0.25, 0.3) is 0 Å². The Morgan fingerprint density at radius 3 is 2.69 bits per heavy atom. The zero-order valence-electron chi connectivity index (χ0n) is 7.82. The van der Waals surface area contributed by atoms with Gasteiger partial charge in [-0.3, -0.25) is 0 Å². The van der Waals surface area contributed by atoms with Gasteiger partial charge in [0.25, 0.3) is 0 Å². The first kappa shape index (κ1) is 11.6. The van der Waals surface area contributed by atoms with Crippen LogP contribution in [-0.4, -0.2) is 9.97 Å². The van der Waals surface area contributed by atoms with Gasteiger partial charge in [0.1, 0.15) is 17.2 Å². The van der Waals surface area contributed by atoms with Crippen LogP contribution >= 0.6 is 39.1 Å². The Balaban J connectivity index is 2.30. The molecule has 0 atom stereocenters. The molecule has 0 fully saturated rings. The molecule has 0 unspecified atom stereocenters. The molecule has 6 heteroatoms. The fraction of sp³-hybridized carbons (Fsp3) is 0. The van der Waals surface area contributed by atoms with Crippen LogP contribution in [0.15, 0.2) is 35.1 Å². The summed E-state index contributed by atoms with van der Waals surface area (Å²) in [6, 6.07) is 6.81. The highest BCUT2D eigenvalue weighted by Crippen LogP contribution is 2.31. The molecule has 0 aliphatic rings. The number of nitrogens with zero attached hydrogens (tertiary/aromatic N) is 2. The highest BCUT2D eigenvalue weighted by molar-refractivity contribution is 9.10. The van der Waals surface area contributed by atoms with E-state index in [4.69, 9.17) is 27.9 Å². The lowest BCUT2D eigenvalue weighted by Crippen LogP contribution is -1.89. The highest BCUT2D eigenvalue weighted by Gasteiger charge is 2.05. The highest BCUT2D eigenvalue weighted by atomic mass is 79.9. The zero-order valence-corrected chi connectivity index (χ0v) is 10.9. The molecule has 2 rings (SSSR count). The van der Waals surface area contributed by atoms with Gasteiger partial charge >= 0.3 is 0 Å². The molecule has 0 aliphatic carbocycles. The van der Waals surface area contributed by atoms with Crippen molar-refractivity contribution in [3.8, 4) is 11.6 Å². The largest absolute Gasteiger partial charge is 0.437 e. The molecule has 1 heterocycles. The van der Waals surface area contributed by atoms with Gasteiger partial charge in [-0.15, -0.1) is 0 Å². The van der Waals surface area contributed by atoms with E-state index in [9.17, 15) is 0 Å². The number of ether oxygens (including phenoxy) is 1. The maximum atomic E-state index is 5.96. The normalized spacial score (nSPS) is 10.2. The molecule has 16 heavy (non-hydrogen) atoms. The summed E-state index contributed by atoms with van der Waals surface area (Å²) >= 11 is 15.0. The third-order valence-electron chi connectivity index (χ3n) is 1.72. The summed E-state index contributed by atoms with van der Waals surface area (Å²) in [6.45, 7) is 0. The van der Waals surface area contributed by atoms with E-state index < -0.39 is 0 Å². The first-order valence-corrected chi connectivity index (χ1v) is 5.80. The number of halogens is 3. The minimum Gasteiger partial charge on any atom is -0.437 e. The number of benzene rings is 1. The lowest BCUT2D eigenvalue weighted by atomic mass is 10.3. The minimum atomic E-state index is 0.316. The number of hydrogen-bond donors (Lipinski definition) is 0. The van der Waals surface area contributed by atoms with Crippen molar-refractivity contribution in [2.24, 2.45) is 0 Å². The van der Waals surface area contributed by atoms with Crippen LogP contribution in [0.1, 0.15) is 0 Å². The van der Waals surface area contributed by atoms with Crippen molar-refractivity contribution >= 4 is 39.1 Å². The number of rotatable bonds is 2. The van der Waals surface area contributed by atoms with Gasteiger partial charge in [-0.2, -0.15) is 0 Å². The summed E-state index contributed by atoms with van der Waals surface area (Å²) in [6.07, 6.45) is 1.32. The number of hydrogen-bond acceptors (Lipinski definition) is 3. The van der Waals surface area contributed by atoms with E-state index in [1.165, 1.54) is 12.4 Å². The van der Waals surface area contributed by atoms with Crippen LogP contribution in [0.3, 0.4) is 0 Å².